The summed E-state index contributed by atoms with van der Waals surface area (Å²) >= 11 is 0. The Morgan fingerprint density at radius 2 is 2.08 bits per heavy atom. The number of fused-ring (bicyclic) bond motifs is 1. The topological polar surface area (TPSA) is 106 Å². The quantitative estimate of drug-likeness (QED) is 0.713. The van der Waals surface area contributed by atoms with Gasteiger partial charge in [0.15, 0.2) is 0 Å². The van der Waals surface area contributed by atoms with Gasteiger partial charge in [-0.05, 0) is 33.8 Å². The maximum Gasteiger partial charge on any atom is 0.408 e. The predicted molar refractivity (Wildman–Crippen MR) is 101 cm³/mol. The van der Waals surface area contributed by atoms with Gasteiger partial charge in [0.2, 0.25) is 0 Å². The van der Waals surface area contributed by atoms with E-state index in [4.69, 9.17) is 15.2 Å². The van der Waals surface area contributed by atoms with E-state index in [9.17, 15) is 9.59 Å². The Hall–Kier alpha value is -2.90. The first-order valence-corrected chi connectivity index (χ1v) is 8.24. The van der Waals surface area contributed by atoms with Crippen LogP contribution in [0.5, 0.6) is 5.75 Å². The van der Waals surface area contributed by atoms with E-state index in [0.29, 0.717) is 22.8 Å². The number of carbonyl (C=O) groups excluding carboxylic acids is 2. The molecule has 26 heavy (non-hydrogen) atoms. The number of nitrogens with one attached hydrogen (secondary N) is 2. The molecule has 0 aromatic heterocycles. The van der Waals surface area contributed by atoms with Crippen LogP contribution in [-0.2, 0) is 9.53 Å². The first-order valence-electron chi connectivity index (χ1n) is 8.24. The van der Waals surface area contributed by atoms with E-state index in [1.165, 1.54) is 4.90 Å². The molecule has 2 amide bonds. The molecule has 0 bridgehead atoms. The number of allylic oxidation sites excluding steroid dienone is 1. The average Bonchev–Trinajstić information content (AvgIpc) is 2.59. The zero-order chi connectivity index (χ0) is 19.6. The number of nitrogens with zero attached hydrogens (tertiary/aromatic N) is 1. The Balaban J connectivity index is 2.23. The zero-order valence-electron chi connectivity index (χ0n) is 15.8. The van der Waals surface area contributed by atoms with E-state index in [-0.39, 0.29) is 12.5 Å². The van der Waals surface area contributed by atoms with Crippen LogP contribution in [0.25, 0.3) is 0 Å². The normalized spacial score (nSPS) is 16.9. The SMILES string of the molecule is C=C(C)Nc1cc2c(cc1N)N(C)C(=O)[C@@H](NC(=O)OC(C)(C)C)CO2. The van der Waals surface area contributed by atoms with E-state index in [2.05, 4.69) is 17.2 Å². The van der Waals surface area contributed by atoms with Gasteiger partial charge in [0, 0.05) is 18.8 Å². The van der Waals surface area contributed by atoms with E-state index >= 15 is 0 Å². The second kappa shape index (κ2) is 7.15. The summed E-state index contributed by atoms with van der Waals surface area (Å²) in [5.41, 5.74) is 7.72. The minimum atomic E-state index is -0.874. The summed E-state index contributed by atoms with van der Waals surface area (Å²) in [6.07, 6.45) is -0.678. The predicted octanol–water partition coefficient (Wildman–Crippen LogP) is 2.46. The molecule has 0 fully saturated rings. The summed E-state index contributed by atoms with van der Waals surface area (Å²) in [4.78, 5) is 26.1. The fourth-order valence-corrected chi connectivity index (χ4v) is 2.45. The lowest BCUT2D eigenvalue weighted by molar-refractivity contribution is -0.120. The lowest BCUT2D eigenvalue weighted by Gasteiger charge is -2.24. The fraction of sp³-hybridized carbons (Fsp3) is 0.444. The van der Waals surface area contributed by atoms with Gasteiger partial charge in [0.1, 0.15) is 24.0 Å². The maximum absolute atomic E-state index is 12.7. The van der Waals surface area contributed by atoms with Crippen molar-refractivity contribution in [2.24, 2.45) is 0 Å². The van der Waals surface area contributed by atoms with Crippen LogP contribution in [0.1, 0.15) is 27.7 Å². The molecule has 1 atom stereocenters. The molecular formula is C18H26N4O4. The third-order valence-electron chi connectivity index (χ3n) is 3.57. The van der Waals surface area contributed by atoms with Crippen LogP contribution in [0.2, 0.25) is 0 Å². The van der Waals surface area contributed by atoms with E-state index in [1.807, 2.05) is 6.92 Å². The van der Waals surface area contributed by atoms with Crippen LogP contribution >= 0.6 is 0 Å². The number of benzene rings is 1. The molecule has 1 aliphatic heterocycles. The Morgan fingerprint density at radius 1 is 1.42 bits per heavy atom. The molecule has 142 valence electrons. The molecule has 4 N–H and O–H groups in total. The van der Waals surface area contributed by atoms with Crippen molar-refractivity contribution < 1.29 is 19.1 Å². The van der Waals surface area contributed by atoms with Gasteiger partial charge in [0.05, 0.1) is 17.1 Å². The van der Waals surface area contributed by atoms with E-state index in [0.717, 1.165) is 5.70 Å². The van der Waals surface area contributed by atoms with Crippen molar-refractivity contribution >= 4 is 29.1 Å². The minimum Gasteiger partial charge on any atom is -0.489 e. The van der Waals surface area contributed by atoms with Gasteiger partial charge in [-0.15, -0.1) is 0 Å². The van der Waals surface area contributed by atoms with Crippen LogP contribution in [0, 0.1) is 0 Å². The lowest BCUT2D eigenvalue weighted by Crippen LogP contribution is -2.50. The average molecular weight is 362 g/mol. The van der Waals surface area contributed by atoms with Crippen molar-refractivity contribution in [2.45, 2.75) is 39.3 Å². The van der Waals surface area contributed by atoms with E-state index < -0.39 is 17.7 Å². The third kappa shape index (κ3) is 4.59. The van der Waals surface area contributed by atoms with Crippen LogP contribution in [0.3, 0.4) is 0 Å². The van der Waals surface area contributed by atoms with Gasteiger partial charge in [0.25, 0.3) is 5.91 Å². The van der Waals surface area contributed by atoms with Gasteiger partial charge in [-0.2, -0.15) is 0 Å². The second-order valence-electron chi connectivity index (χ2n) is 7.22. The number of hydrogen-bond donors (Lipinski definition) is 3. The largest absolute Gasteiger partial charge is 0.489 e. The Morgan fingerprint density at radius 3 is 2.65 bits per heavy atom. The Bertz CT molecular complexity index is 739. The Labute approximate surface area is 153 Å². The highest BCUT2D eigenvalue weighted by Gasteiger charge is 2.32. The summed E-state index contributed by atoms with van der Waals surface area (Å²) in [5.74, 6) is 0.155. The Kier molecular flexibility index (Phi) is 5.34. The first-order chi connectivity index (χ1) is 12.0. The third-order valence-corrected chi connectivity index (χ3v) is 3.57. The van der Waals surface area contributed by atoms with Crippen molar-refractivity contribution in [3.63, 3.8) is 0 Å². The number of nitrogens with two attached hydrogens (primary N) is 1. The standard InChI is InChI=1S/C18H26N4O4/c1-10(2)20-12-8-15-14(7-11(12)19)22(6)16(23)13(9-25-15)21-17(24)26-18(3,4)5/h7-8,13,20H,1,9,19H2,2-6H3,(H,21,24)/t13-/m0/s1. The van der Waals surface area contributed by atoms with Gasteiger partial charge in [-0.1, -0.05) is 6.58 Å². The maximum atomic E-state index is 12.7. The molecule has 0 saturated heterocycles. The fourth-order valence-electron chi connectivity index (χ4n) is 2.45. The van der Waals surface area contributed by atoms with Crippen molar-refractivity contribution in [1.82, 2.24) is 5.32 Å². The van der Waals surface area contributed by atoms with Crippen molar-refractivity contribution in [2.75, 3.05) is 29.6 Å². The van der Waals surface area contributed by atoms with Gasteiger partial charge in [-0.3, -0.25) is 4.79 Å². The number of ether oxygens (including phenoxy) is 2. The molecular weight excluding hydrogens is 336 g/mol. The number of hydrogen-bond acceptors (Lipinski definition) is 6. The van der Waals surface area contributed by atoms with Gasteiger partial charge < -0.3 is 30.7 Å². The molecule has 0 radical (unpaired) electrons. The van der Waals surface area contributed by atoms with Crippen LogP contribution in [0.4, 0.5) is 21.9 Å². The zero-order valence-corrected chi connectivity index (χ0v) is 15.8. The van der Waals surface area contributed by atoms with Crippen LogP contribution < -0.4 is 26.0 Å². The monoisotopic (exact) mass is 362 g/mol. The number of anilines is 3. The summed E-state index contributed by atoms with van der Waals surface area (Å²) in [6.45, 7) is 10.8. The molecule has 0 spiro atoms. The number of carbonyl (C=O) groups is 2. The number of alkyl carbamates (subject to hydrolysis) is 1. The lowest BCUT2D eigenvalue weighted by atomic mass is 10.2. The van der Waals surface area contributed by atoms with Crippen LogP contribution in [0.15, 0.2) is 24.4 Å². The molecule has 8 nitrogen and oxygen atoms in total. The van der Waals surface area contributed by atoms with Gasteiger partial charge in [-0.25, -0.2) is 4.79 Å². The highest BCUT2D eigenvalue weighted by atomic mass is 16.6. The summed E-state index contributed by atoms with van der Waals surface area (Å²) in [6, 6.07) is 2.48. The molecule has 0 saturated carbocycles. The number of likely N-dealkylation sites (N-methyl/N-ethyl adjacent to an activating group) is 1. The molecule has 0 aliphatic carbocycles. The van der Waals surface area contributed by atoms with Crippen LogP contribution in [-0.4, -0.2) is 37.3 Å². The molecule has 1 heterocycles. The summed E-state index contributed by atoms with van der Waals surface area (Å²) < 4.78 is 11.0. The summed E-state index contributed by atoms with van der Waals surface area (Å²) in [5, 5.41) is 5.60. The number of nitrogen functional groups attached to an aromatic ring is 1. The molecule has 1 aromatic carbocycles. The van der Waals surface area contributed by atoms with Crippen molar-refractivity contribution in [1.29, 1.82) is 0 Å². The molecule has 8 heteroatoms. The second-order valence-corrected chi connectivity index (χ2v) is 7.22. The number of amides is 2. The minimum absolute atomic E-state index is 0.0220. The highest BCUT2D eigenvalue weighted by molar-refractivity contribution is 6.01. The first kappa shape index (κ1) is 19.4. The molecule has 1 aliphatic rings. The van der Waals surface area contributed by atoms with Crippen molar-refractivity contribution in [3.05, 3.63) is 24.4 Å². The molecule has 2 rings (SSSR count). The molecule has 1 aromatic rings. The summed E-state index contributed by atoms with van der Waals surface area (Å²) in [7, 11) is 1.60. The van der Waals surface area contributed by atoms with Gasteiger partial charge >= 0.3 is 6.09 Å². The highest BCUT2D eigenvalue weighted by Crippen LogP contribution is 2.37. The van der Waals surface area contributed by atoms with E-state index in [1.54, 1.807) is 40.0 Å². The smallest absolute Gasteiger partial charge is 0.408 e. The van der Waals surface area contributed by atoms with Crippen molar-refractivity contribution in [3.8, 4) is 5.75 Å². The molecule has 0 unspecified atom stereocenters. The number of rotatable bonds is 3.